The lowest BCUT2D eigenvalue weighted by Crippen LogP contribution is -2.49. The van der Waals surface area contributed by atoms with Crippen LogP contribution in [-0.4, -0.2) is 43.8 Å². The van der Waals surface area contributed by atoms with Crippen LogP contribution in [0.4, 0.5) is 9.18 Å². The lowest BCUT2D eigenvalue weighted by atomic mass is 9.91. The van der Waals surface area contributed by atoms with Gasteiger partial charge in [0.1, 0.15) is 5.82 Å². The van der Waals surface area contributed by atoms with E-state index in [1.165, 1.54) is 6.07 Å². The summed E-state index contributed by atoms with van der Waals surface area (Å²) in [6.45, 7) is 7.38. The Labute approximate surface area is 183 Å². The van der Waals surface area contributed by atoms with Crippen molar-refractivity contribution in [1.82, 2.24) is 15.5 Å². The van der Waals surface area contributed by atoms with Crippen LogP contribution in [0.2, 0.25) is 0 Å². The Kier molecular flexibility index (Phi) is 7.05. The third-order valence-electron chi connectivity index (χ3n) is 5.39. The van der Waals surface area contributed by atoms with E-state index in [0.29, 0.717) is 30.2 Å². The average molecular weight is 430 g/mol. The van der Waals surface area contributed by atoms with Gasteiger partial charge in [0, 0.05) is 30.7 Å². The molecule has 0 aromatic heterocycles. The molecule has 31 heavy (non-hydrogen) atoms. The van der Waals surface area contributed by atoms with Gasteiger partial charge in [0.05, 0.1) is 20.3 Å². The average Bonchev–Trinajstić information content (AvgIpc) is 2.72. The molecule has 7 heteroatoms. The van der Waals surface area contributed by atoms with Crippen LogP contribution < -0.4 is 20.1 Å². The number of hydrogen-bond donors (Lipinski definition) is 2. The normalized spacial score (nSPS) is 16.4. The number of methoxy groups -OCH3 is 2. The summed E-state index contributed by atoms with van der Waals surface area (Å²) in [7, 11) is 3.22. The fourth-order valence-corrected chi connectivity index (χ4v) is 3.93. The molecule has 0 spiro atoms. The fourth-order valence-electron chi connectivity index (χ4n) is 3.93. The van der Waals surface area contributed by atoms with Crippen molar-refractivity contribution in [2.45, 2.75) is 45.3 Å². The number of carbonyl (C=O) groups excluding carboxylic acids is 1. The van der Waals surface area contributed by atoms with Gasteiger partial charge in [0.2, 0.25) is 0 Å². The minimum atomic E-state index is -0.335. The predicted octanol–water partition coefficient (Wildman–Crippen LogP) is 4.04. The minimum absolute atomic E-state index is 0.131. The molecule has 2 N–H and O–H groups in total. The van der Waals surface area contributed by atoms with Gasteiger partial charge in [-0.25, -0.2) is 9.18 Å². The second-order valence-electron chi connectivity index (χ2n) is 8.82. The van der Waals surface area contributed by atoms with Crippen LogP contribution in [0, 0.1) is 5.82 Å². The Morgan fingerprint density at radius 1 is 1.16 bits per heavy atom. The molecule has 0 saturated carbocycles. The maximum atomic E-state index is 14.3. The number of ether oxygens (including phenoxy) is 2. The Bertz CT molecular complexity index is 927. The monoisotopic (exact) mass is 429 g/mol. The molecular formula is C24H32FN3O3. The highest BCUT2D eigenvalue weighted by Crippen LogP contribution is 2.38. The first-order valence-electron chi connectivity index (χ1n) is 10.5. The molecule has 0 saturated heterocycles. The molecule has 2 aromatic rings. The lowest BCUT2D eigenvalue weighted by molar-refractivity contribution is 0.168. The zero-order valence-electron chi connectivity index (χ0n) is 18.9. The molecule has 0 bridgehead atoms. The summed E-state index contributed by atoms with van der Waals surface area (Å²) in [5, 5.41) is 5.91. The van der Waals surface area contributed by atoms with Crippen LogP contribution in [0.3, 0.4) is 0 Å². The number of carbonyl (C=O) groups is 1. The van der Waals surface area contributed by atoms with Gasteiger partial charge in [-0.05, 0) is 56.5 Å². The number of amides is 2. The summed E-state index contributed by atoms with van der Waals surface area (Å²) in [6, 6.07) is 10.4. The van der Waals surface area contributed by atoms with Gasteiger partial charge in [-0.15, -0.1) is 0 Å². The first-order valence-corrected chi connectivity index (χ1v) is 10.5. The molecule has 0 radical (unpaired) electrons. The first-order chi connectivity index (χ1) is 14.7. The quantitative estimate of drug-likeness (QED) is 0.728. The van der Waals surface area contributed by atoms with Crippen molar-refractivity contribution >= 4 is 6.03 Å². The second-order valence-corrected chi connectivity index (χ2v) is 8.82. The molecule has 0 unspecified atom stereocenters. The molecule has 168 valence electrons. The van der Waals surface area contributed by atoms with Crippen LogP contribution in [0.1, 0.15) is 43.5 Å². The Hall–Kier alpha value is -2.80. The van der Waals surface area contributed by atoms with E-state index in [9.17, 15) is 9.18 Å². The third kappa shape index (κ3) is 5.67. The van der Waals surface area contributed by atoms with Crippen molar-refractivity contribution in [2.24, 2.45) is 0 Å². The Morgan fingerprint density at radius 3 is 2.48 bits per heavy atom. The maximum absolute atomic E-state index is 14.3. The highest BCUT2D eigenvalue weighted by molar-refractivity contribution is 5.74. The molecule has 6 nitrogen and oxygen atoms in total. The predicted molar refractivity (Wildman–Crippen MR) is 119 cm³/mol. The third-order valence-corrected chi connectivity index (χ3v) is 5.39. The van der Waals surface area contributed by atoms with Crippen LogP contribution >= 0.6 is 0 Å². The summed E-state index contributed by atoms with van der Waals surface area (Å²) in [6.07, 6.45) is 0.800. The van der Waals surface area contributed by atoms with Gasteiger partial charge in [0.25, 0.3) is 0 Å². The van der Waals surface area contributed by atoms with Crippen LogP contribution in [0.5, 0.6) is 11.5 Å². The number of benzene rings is 2. The molecule has 3 rings (SSSR count). The van der Waals surface area contributed by atoms with Crippen LogP contribution in [0.15, 0.2) is 36.4 Å². The van der Waals surface area contributed by atoms with E-state index < -0.39 is 0 Å². The molecule has 2 amide bonds. The summed E-state index contributed by atoms with van der Waals surface area (Å²) in [4.78, 5) is 14.6. The molecule has 1 atom stereocenters. The number of urea groups is 1. The highest BCUT2D eigenvalue weighted by atomic mass is 19.1. The molecule has 2 aromatic carbocycles. The Morgan fingerprint density at radius 2 is 1.84 bits per heavy atom. The molecule has 1 aliphatic rings. The number of nitrogens with one attached hydrogen (secondary N) is 2. The number of rotatable bonds is 6. The molecular weight excluding hydrogens is 397 g/mol. The van der Waals surface area contributed by atoms with E-state index >= 15 is 0 Å². The summed E-state index contributed by atoms with van der Waals surface area (Å²) < 4.78 is 25.3. The van der Waals surface area contributed by atoms with Crippen LogP contribution in [-0.2, 0) is 13.0 Å². The summed E-state index contributed by atoms with van der Waals surface area (Å²) in [5.74, 6) is 1.09. The minimum Gasteiger partial charge on any atom is -0.493 e. The van der Waals surface area contributed by atoms with E-state index in [0.717, 1.165) is 24.1 Å². The fraction of sp³-hybridized carbons (Fsp3) is 0.458. The number of hydrogen-bond acceptors (Lipinski definition) is 4. The molecule has 0 fully saturated rings. The van der Waals surface area contributed by atoms with Crippen molar-refractivity contribution in [3.05, 3.63) is 58.9 Å². The topological polar surface area (TPSA) is 62.8 Å². The first kappa shape index (κ1) is 22.9. The zero-order valence-corrected chi connectivity index (χ0v) is 18.9. The standard InChI is InChI=1S/C24H32FN3O3/c1-24(2,3)27-23(29)26-14-20-18-13-22(31-5)21(30-4)12-16(18)10-11-28(20)15-17-8-6-7-9-19(17)25/h6-9,12-13,20H,10-11,14-15H2,1-5H3,(H2,26,27,29)/t20-/m0/s1. The summed E-state index contributed by atoms with van der Waals surface area (Å²) >= 11 is 0. The van der Waals surface area contributed by atoms with Crippen LogP contribution in [0.25, 0.3) is 0 Å². The van der Waals surface area contributed by atoms with Gasteiger partial charge < -0.3 is 20.1 Å². The smallest absolute Gasteiger partial charge is 0.315 e. The van der Waals surface area contributed by atoms with Crippen molar-refractivity contribution < 1.29 is 18.7 Å². The van der Waals surface area contributed by atoms with E-state index in [4.69, 9.17) is 9.47 Å². The lowest BCUT2D eigenvalue weighted by Gasteiger charge is -2.38. The van der Waals surface area contributed by atoms with Gasteiger partial charge in [-0.2, -0.15) is 0 Å². The van der Waals surface area contributed by atoms with Crippen molar-refractivity contribution in [3.8, 4) is 11.5 Å². The van der Waals surface area contributed by atoms with E-state index in [1.807, 2.05) is 39.0 Å². The largest absolute Gasteiger partial charge is 0.493 e. The van der Waals surface area contributed by atoms with Crippen molar-refractivity contribution in [2.75, 3.05) is 27.3 Å². The van der Waals surface area contributed by atoms with Gasteiger partial charge >= 0.3 is 6.03 Å². The SMILES string of the molecule is COc1cc2c(cc1OC)[C@H](CNC(=O)NC(C)(C)C)N(Cc1ccccc1F)CC2. The molecule has 1 aliphatic heterocycles. The van der Waals surface area contributed by atoms with Crippen molar-refractivity contribution in [1.29, 1.82) is 0 Å². The second kappa shape index (κ2) is 9.56. The zero-order chi connectivity index (χ0) is 22.6. The summed E-state index contributed by atoms with van der Waals surface area (Å²) in [5.41, 5.74) is 2.50. The Balaban J connectivity index is 1.90. The van der Waals surface area contributed by atoms with E-state index in [-0.39, 0.29) is 23.4 Å². The molecule has 0 aliphatic carbocycles. The van der Waals surface area contributed by atoms with E-state index in [1.54, 1.807) is 26.4 Å². The van der Waals surface area contributed by atoms with E-state index in [2.05, 4.69) is 15.5 Å². The van der Waals surface area contributed by atoms with Gasteiger partial charge in [-0.1, -0.05) is 18.2 Å². The maximum Gasteiger partial charge on any atom is 0.315 e. The van der Waals surface area contributed by atoms with Crippen molar-refractivity contribution in [3.63, 3.8) is 0 Å². The number of nitrogens with zero attached hydrogens (tertiary/aromatic N) is 1. The number of fused-ring (bicyclic) bond motifs is 1. The molecule has 1 heterocycles. The van der Waals surface area contributed by atoms with Gasteiger partial charge in [-0.3, -0.25) is 4.90 Å². The number of halogens is 1. The highest BCUT2D eigenvalue weighted by Gasteiger charge is 2.30. The van der Waals surface area contributed by atoms with Gasteiger partial charge in [0.15, 0.2) is 11.5 Å².